The fourth-order valence-electron chi connectivity index (χ4n) is 2.66. The van der Waals surface area contributed by atoms with Crippen LogP contribution in [0.5, 0.6) is 5.75 Å². The maximum atomic E-state index is 12.1. The summed E-state index contributed by atoms with van der Waals surface area (Å²) in [6.45, 7) is 6.67. The Morgan fingerprint density at radius 3 is 2.54 bits per heavy atom. The molecule has 1 atom stereocenters. The Bertz CT molecular complexity index is 683. The van der Waals surface area contributed by atoms with Gasteiger partial charge in [-0.1, -0.05) is 35.4 Å². The van der Waals surface area contributed by atoms with Crippen LogP contribution in [0.1, 0.15) is 42.5 Å². The number of hydrogen-bond acceptors (Lipinski definition) is 2. The van der Waals surface area contributed by atoms with Gasteiger partial charge >= 0.3 is 0 Å². The lowest BCUT2D eigenvalue weighted by Crippen LogP contribution is -2.27. The minimum atomic E-state index is 0.00952. The van der Waals surface area contributed by atoms with E-state index in [-0.39, 0.29) is 11.9 Å². The van der Waals surface area contributed by atoms with Crippen molar-refractivity contribution < 1.29 is 9.53 Å². The number of aryl methyl sites for hydroxylation is 2. The summed E-state index contributed by atoms with van der Waals surface area (Å²) in [5, 5.41) is 3.73. The lowest BCUT2D eigenvalue weighted by atomic mass is 10.0. The molecule has 1 unspecified atom stereocenters. The van der Waals surface area contributed by atoms with Crippen LogP contribution in [0.4, 0.5) is 0 Å². The Morgan fingerprint density at radius 2 is 1.88 bits per heavy atom. The molecule has 0 spiro atoms. The second kappa shape index (κ2) is 8.74. The topological polar surface area (TPSA) is 38.3 Å². The summed E-state index contributed by atoms with van der Waals surface area (Å²) in [6, 6.07) is 13.5. The van der Waals surface area contributed by atoms with Gasteiger partial charge in [-0.15, -0.1) is 0 Å². The highest BCUT2D eigenvalue weighted by Gasteiger charge is 2.11. The molecule has 0 heterocycles. The van der Waals surface area contributed by atoms with E-state index < -0.39 is 0 Å². The summed E-state index contributed by atoms with van der Waals surface area (Å²) in [6.07, 6.45) is 1.12. The second-order valence-electron chi connectivity index (χ2n) is 6.06. The first-order valence-corrected chi connectivity index (χ1v) is 8.58. The Hall–Kier alpha value is -2.00. The molecule has 2 aromatic rings. The van der Waals surface area contributed by atoms with E-state index in [1.165, 1.54) is 11.1 Å². The quantitative estimate of drug-likeness (QED) is 0.717. The summed E-state index contributed by atoms with van der Waals surface area (Å²) in [5.74, 6) is 0.811. The van der Waals surface area contributed by atoms with Crippen molar-refractivity contribution in [1.82, 2.24) is 5.32 Å². The zero-order valence-electron chi connectivity index (χ0n) is 14.4. The van der Waals surface area contributed by atoms with Crippen LogP contribution in [0.25, 0.3) is 0 Å². The first-order chi connectivity index (χ1) is 11.5. The molecule has 2 aromatic carbocycles. The van der Waals surface area contributed by atoms with Gasteiger partial charge in [-0.25, -0.2) is 0 Å². The van der Waals surface area contributed by atoms with Crippen molar-refractivity contribution in [1.29, 1.82) is 0 Å². The number of rotatable bonds is 7. The molecule has 0 aromatic heterocycles. The van der Waals surface area contributed by atoms with E-state index in [0.717, 1.165) is 11.3 Å². The predicted molar refractivity (Wildman–Crippen MR) is 98.7 cm³/mol. The molecule has 0 fully saturated rings. The highest BCUT2D eigenvalue weighted by Crippen LogP contribution is 2.19. The molecule has 0 radical (unpaired) electrons. The molecule has 0 aliphatic heterocycles. The highest BCUT2D eigenvalue weighted by molar-refractivity contribution is 6.30. The van der Waals surface area contributed by atoms with Crippen molar-refractivity contribution >= 4 is 17.5 Å². The number of ether oxygens (including phenoxy) is 1. The van der Waals surface area contributed by atoms with Crippen LogP contribution in [-0.2, 0) is 4.79 Å². The molecule has 0 aliphatic rings. The Kier molecular flexibility index (Phi) is 6.68. The molecule has 1 N–H and O–H groups in total. The minimum absolute atomic E-state index is 0.00952. The van der Waals surface area contributed by atoms with Crippen LogP contribution in [0.15, 0.2) is 42.5 Å². The van der Waals surface area contributed by atoms with E-state index in [0.29, 0.717) is 24.5 Å². The summed E-state index contributed by atoms with van der Waals surface area (Å²) < 4.78 is 5.59. The van der Waals surface area contributed by atoms with E-state index in [2.05, 4.69) is 37.4 Å². The fourth-order valence-corrected chi connectivity index (χ4v) is 2.78. The smallest absolute Gasteiger partial charge is 0.220 e. The van der Waals surface area contributed by atoms with Gasteiger partial charge in [0.1, 0.15) is 5.75 Å². The molecule has 1 amide bonds. The summed E-state index contributed by atoms with van der Waals surface area (Å²) in [4.78, 5) is 12.1. The normalized spacial score (nSPS) is 11.8. The molecule has 4 heteroatoms. The van der Waals surface area contributed by atoms with Crippen LogP contribution < -0.4 is 10.1 Å². The van der Waals surface area contributed by atoms with E-state index in [1.54, 1.807) is 12.1 Å². The van der Waals surface area contributed by atoms with Gasteiger partial charge < -0.3 is 10.1 Å². The molecule has 0 saturated heterocycles. The minimum Gasteiger partial charge on any atom is -0.494 e. The number of nitrogens with one attached hydrogen (secondary N) is 1. The van der Waals surface area contributed by atoms with Crippen LogP contribution in [0.3, 0.4) is 0 Å². The zero-order chi connectivity index (χ0) is 17.5. The summed E-state index contributed by atoms with van der Waals surface area (Å²) in [5.41, 5.74) is 3.59. The average molecular weight is 346 g/mol. The third-order valence-electron chi connectivity index (χ3n) is 3.90. The fraction of sp³-hybridized carbons (Fsp3) is 0.350. The SMILES string of the molecule is Cc1ccc(C(C)NC(=O)CCCOc2ccc(Cl)cc2)c(C)c1. The maximum absolute atomic E-state index is 12.1. The number of halogens is 1. The van der Waals surface area contributed by atoms with Crippen molar-refractivity contribution in [3.05, 3.63) is 64.2 Å². The first-order valence-electron chi connectivity index (χ1n) is 8.20. The van der Waals surface area contributed by atoms with Crippen molar-refractivity contribution in [2.24, 2.45) is 0 Å². The summed E-state index contributed by atoms with van der Waals surface area (Å²) >= 11 is 5.82. The average Bonchev–Trinajstić information content (AvgIpc) is 2.53. The number of benzene rings is 2. The molecule has 2 rings (SSSR count). The maximum Gasteiger partial charge on any atom is 0.220 e. The van der Waals surface area contributed by atoms with E-state index in [1.807, 2.05) is 19.1 Å². The summed E-state index contributed by atoms with van der Waals surface area (Å²) in [7, 11) is 0. The third-order valence-corrected chi connectivity index (χ3v) is 4.15. The Labute approximate surface area is 149 Å². The van der Waals surface area contributed by atoms with Crippen molar-refractivity contribution in [3.8, 4) is 5.75 Å². The van der Waals surface area contributed by atoms with Gasteiger partial charge in [-0.05, 0) is 62.6 Å². The van der Waals surface area contributed by atoms with Crippen molar-refractivity contribution in [2.45, 2.75) is 39.7 Å². The van der Waals surface area contributed by atoms with Gasteiger partial charge in [0.2, 0.25) is 5.91 Å². The van der Waals surface area contributed by atoms with Gasteiger partial charge in [0.15, 0.2) is 0 Å². The standard InChI is InChI=1S/C20H24ClNO2/c1-14-6-11-19(15(2)13-14)16(3)22-20(23)5-4-12-24-18-9-7-17(21)8-10-18/h6-11,13,16H,4-5,12H2,1-3H3,(H,22,23). The molecular formula is C20H24ClNO2. The monoisotopic (exact) mass is 345 g/mol. The van der Waals surface area contributed by atoms with Gasteiger partial charge in [0.05, 0.1) is 12.6 Å². The van der Waals surface area contributed by atoms with Gasteiger partial charge in [-0.3, -0.25) is 4.79 Å². The molecule has 0 bridgehead atoms. The van der Waals surface area contributed by atoms with Gasteiger partial charge in [0, 0.05) is 11.4 Å². The molecular weight excluding hydrogens is 322 g/mol. The molecule has 24 heavy (non-hydrogen) atoms. The molecule has 3 nitrogen and oxygen atoms in total. The molecule has 128 valence electrons. The largest absolute Gasteiger partial charge is 0.494 e. The lowest BCUT2D eigenvalue weighted by molar-refractivity contribution is -0.121. The van der Waals surface area contributed by atoms with Crippen LogP contribution in [-0.4, -0.2) is 12.5 Å². The van der Waals surface area contributed by atoms with Gasteiger partial charge in [0.25, 0.3) is 0 Å². The van der Waals surface area contributed by atoms with Crippen molar-refractivity contribution in [2.75, 3.05) is 6.61 Å². The second-order valence-corrected chi connectivity index (χ2v) is 6.49. The lowest BCUT2D eigenvalue weighted by Gasteiger charge is -2.17. The Balaban J connectivity index is 1.73. The number of carbonyl (C=O) groups is 1. The molecule has 0 aliphatic carbocycles. The highest BCUT2D eigenvalue weighted by atomic mass is 35.5. The van der Waals surface area contributed by atoms with Crippen LogP contribution in [0.2, 0.25) is 5.02 Å². The van der Waals surface area contributed by atoms with Crippen molar-refractivity contribution in [3.63, 3.8) is 0 Å². The zero-order valence-corrected chi connectivity index (χ0v) is 15.2. The number of amides is 1. The van der Waals surface area contributed by atoms with E-state index in [4.69, 9.17) is 16.3 Å². The number of carbonyl (C=O) groups excluding carboxylic acids is 1. The van der Waals surface area contributed by atoms with Crippen LogP contribution >= 0.6 is 11.6 Å². The van der Waals surface area contributed by atoms with Gasteiger partial charge in [-0.2, -0.15) is 0 Å². The van der Waals surface area contributed by atoms with E-state index in [9.17, 15) is 4.79 Å². The van der Waals surface area contributed by atoms with Crippen LogP contribution in [0, 0.1) is 13.8 Å². The molecule has 0 saturated carbocycles. The first kappa shape index (κ1) is 18.3. The third kappa shape index (κ3) is 5.57. The predicted octanol–water partition coefficient (Wildman–Crippen LogP) is 4.99. The number of hydrogen-bond donors (Lipinski definition) is 1. The van der Waals surface area contributed by atoms with E-state index >= 15 is 0 Å². The Morgan fingerprint density at radius 1 is 1.17 bits per heavy atom.